The minimum absolute atomic E-state index is 0.0262. The van der Waals surface area contributed by atoms with Crippen molar-refractivity contribution in [3.8, 4) is 17.4 Å². The molecule has 1 aliphatic heterocycles. The van der Waals surface area contributed by atoms with E-state index >= 15 is 0 Å². The predicted octanol–water partition coefficient (Wildman–Crippen LogP) is 4.54. The molecule has 0 saturated carbocycles. The Bertz CT molecular complexity index is 1290. The summed E-state index contributed by atoms with van der Waals surface area (Å²) in [6, 6.07) is 15.2. The summed E-state index contributed by atoms with van der Waals surface area (Å²) in [6.07, 6.45) is 10.5. The molecule has 2 aromatic heterocycles. The monoisotopic (exact) mass is 469 g/mol. The number of hydrogen-bond donors (Lipinski definition) is 0. The summed E-state index contributed by atoms with van der Waals surface area (Å²) < 4.78 is 13.5. The van der Waals surface area contributed by atoms with Crippen LogP contribution in [0.2, 0.25) is 0 Å². The Hall–Kier alpha value is -4.20. The molecule has 35 heavy (non-hydrogen) atoms. The molecule has 1 amide bonds. The summed E-state index contributed by atoms with van der Waals surface area (Å²) in [5.41, 5.74) is 2.50. The highest BCUT2D eigenvalue weighted by Gasteiger charge is 2.29. The Morgan fingerprint density at radius 3 is 2.74 bits per heavy atom. The maximum absolute atomic E-state index is 13.4. The van der Waals surface area contributed by atoms with E-state index in [1.165, 1.54) is 0 Å². The zero-order chi connectivity index (χ0) is 24.0. The van der Waals surface area contributed by atoms with Gasteiger partial charge in [0.25, 0.3) is 5.91 Å². The van der Waals surface area contributed by atoms with Crippen molar-refractivity contribution >= 4 is 5.91 Å². The Balaban J connectivity index is 1.33. The maximum Gasteiger partial charge on any atom is 0.253 e. The SMILES string of the molecule is COc1ccccc1Oc1nccnc1C1CCCN(C(=O)c2cccc(Cn3ccnc3)c2)C1. The summed E-state index contributed by atoms with van der Waals surface area (Å²) >= 11 is 0. The standard InChI is InChI=1S/C27H27N5O3/c1-34-23-9-2-3-10-24(23)35-26-25(29-11-12-30-26)22-8-5-14-32(18-22)27(33)21-7-4-6-20(16-21)17-31-15-13-28-19-31/h2-4,6-7,9-13,15-16,19,22H,5,8,14,17-18H2,1H3. The number of piperidine rings is 1. The predicted molar refractivity (Wildman–Crippen MR) is 131 cm³/mol. The minimum atomic E-state index is 0.0262. The summed E-state index contributed by atoms with van der Waals surface area (Å²) in [4.78, 5) is 28.5. The van der Waals surface area contributed by atoms with E-state index in [0.29, 0.717) is 42.6 Å². The molecule has 8 heteroatoms. The Kier molecular flexibility index (Phi) is 6.70. The van der Waals surface area contributed by atoms with Crippen molar-refractivity contribution in [3.05, 3.63) is 96.5 Å². The van der Waals surface area contributed by atoms with Crippen molar-refractivity contribution in [3.63, 3.8) is 0 Å². The lowest BCUT2D eigenvalue weighted by atomic mass is 9.94. The fourth-order valence-corrected chi connectivity index (χ4v) is 4.46. The number of nitrogens with zero attached hydrogens (tertiary/aromatic N) is 5. The molecule has 0 N–H and O–H groups in total. The van der Waals surface area contributed by atoms with Crippen molar-refractivity contribution in [2.45, 2.75) is 25.3 Å². The number of para-hydroxylation sites is 2. The van der Waals surface area contributed by atoms with E-state index in [1.807, 2.05) is 64.2 Å². The molecule has 8 nitrogen and oxygen atoms in total. The van der Waals surface area contributed by atoms with Crippen LogP contribution in [-0.4, -0.2) is 50.5 Å². The molecular formula is C27H27N5O3. The van der Waals surface area contributed by atoms with Crippen LogP contribution < -0.4 is 9.47 Å². The van der Waals surface area contributed by atoms with Crippen LogP contribution in [0.4, 0.5) is 0 Å². The topological polar surface area (TPSA) is 82.4 Å². The van der Waals surface area contributed by atoms with Crippen molar-refractivity contribution in [2.75, 3.05) is 20.2 Å². The Morgan fingerprint density at radius 1 is 1.06 bits per heavy atom. The van der Waals surface area contributed by atoms with Gasteiger partial charge >= 0.3 is 0 Å². The van der Waals surface area contributed by atoms with Gasteiger partial charge in [0.2, 0.25) is 5.88 Å². The highest BCUT2D eigenvalue weighted by Crippen LogP contribution is 2.36. The molecule has 1 atom stereocenters. The number of benzene rings is 2. The van der Waals surface area contributed by atoms with E-state index in [2.05, 4.69) is 15.0 Å². The number of amides is 1. The van der Waals surface area contributed by atoms with Gasteiger partial charge in [-0.05, 0) is 42.7 Å². The van der Waals surface area contributed by atoms with Gasteiger partial charge in [-0.1, -0.05) is 24.3 Å². The van der Waals surface area contributed by atoms with Gasteiger partial charge in [0.15, 0.2) is 11.5 Å². The number of ether oxygens (including phenoxy) is 2. The smallest absolute Gasteiger partial charge is 0.253 e. The molecule has 1 saturated heterocycles. The number of carbonyl (C=O) groups excluding carboxylic acids is 1. The van der Waals surface area contributed by atoms with Crippen molar-refractivity contribution in [1.29, 1.82) is 0 Å². The minimum Gasteiger partial charge on any atom is -0.493 e. The molecule has 1 unspecified atom stereocenters. The van der Waals surface area contributed by atoms with Crippen molar-refractivity contribution < 1.29 is 14.3 Å². The zero-order valence-electron chi connectivity index (χ0n) is 19.6. The van der Waals surface area contributed by atoms with Gasteiger partial charge in [-0.15, -0.1) is 0 Å². The molecule has 2 aromatic carbocycles. The Labute approximate surface area is 204 Å². The van der Waals surface area contributed by atoms with Crippen LogP contribution in [-0.2, 0) is 6.54 Å². The summed E-state index contributed by atoms with van der Waals surface area (Å²) in [7, 11) is 1.61. The van der Waals surface area contributed by atoms with Gasteiger partial charge < -0.3 is 18.9 Å². The van der Waals surface area contributed by atoms with Crippen molar-refractivity contribution in [1.82, 2.24) is 24.4 Å². The van der Waals surface area contributed by atoms with E-state index in [-0.39, 0.29) is 11.8 Å². The third kappa shape index (κ3) is 5.16. The second kappa shape index (κ2) is 10.4. The summed E-state index contributed by atoms with van der Waals surface area (Å²) in [6.45, 7) is 1.95. The molecule has 4 aromatic rings. The highest BCUT2D eigenvalue weighted by molar-refractivity contribution is 5.94. The van der Waals surface area contributed by atoms with Gasteiger partial charge in [-0.25, -0.2) is 9.97 Å². The van der Waals surface area contributed by atoms with E-state index in [4.69, 9.17) is 9.47 Å². The normalized spacial score (nSPS) is 15.6. The lowest BCUT2D eigenvalue weighted by molar-refractivity contribution is 0.0704. The number of aromatic nitrogens is 4. The van der Waals surface area contributed by atoms with Gasteiger partial charge in [-0.2, -0.15) is 0 Å². The average Bonchev–Trinajstić information content (AvgIpc) is 3.42. The van der Waals surface area contributed by atoms with Crippen LogP contribution in [0.5, 0.6) is 17.4 Å². The number of hydrogen-bond acceptors (Lipinski definition) is 6. The maximum atomic E-state index is 13.4. The third-order valence-corrected chi connectivity index (χ3v) is 6.16. The first-order chi connectivity index (χ1) is 17.2. The average molecular weight is 470 g/mol. The molecule has 0 radical (unpaired) electrons. The molecule has 5 rings (SSSR count). The molecule has 1 fully saturated rings. The second-order valence-electron chi connectivity index (χ2n) is 8.53. The van der Waals surface area contributed by atoms with Gasteiger partial charge in [0.05, 0.1) is 13.4 Å². The van der Waals surface area contributed by atoms with Crippen LogP contribution in [0.1, 0.15) is 40.4 Å². The highest BCUT2D eigenvalue weighted by atomic mass is 16.5. The molecule has 3 heterocycles. The van der Waals surface area contributed by atoms with Gasteiger partial charge in [0.1, 0.15) is 5.69 Å². The fraction of sp³-hybridized carbons (Fsp3) is 0.259. The van der Waals surface area contributed by atoms with E-state index < -0.39 is 0 Å². The lowest BCUT2D eigenvalue weighted by Crippen LogP contribution is -2.39. The van der Waals surface area contributed by atoms with Gasteiger partial charge in [-0.3, -0.25) is 9.78 Å². The number of likely N-dealkylation sites (tertiary alicyclic amines) is 1. The number of imidazole rings is 1. The van der Waals surface area contributed by atoms with Crippen LogP contribution in [0.15, 0.2) is 79.6 Å². The first-order valence-electron chi connectivity index (χ1n) is 11.7. The molecular weight excluding hydrogens is 442 g/mol. The fourth-order valence-electron chi connectivity index (χ4n) is 4.46. The molecule has 1 aliphatic rings. The summed E-state index contributed by atoms with van der Waals surface area (Å²) in [5.74, 6) is 1.70. The first-order valence-corrected chi connectivity index (χ1v) is 11.7. The van der Waals surface area contributed by atoms with E-state index in [9.17, 15) is 4.79 Å². The zero-order valence-corrected chi connectivity index (χ0v) is 19.6. The quantitative estimate of drug-likeness (QED) is 0.395. The van der Waals surface area contributed by atoms with Crippen LogP contribution in [0.3, 0.4) is 0 Å². The second-order valence-corrected chi connectivity index (χ2v) is 8.53. The molecule has 0 bridgehead atoms. The van der Waals surface area contributed by atoms with Crippen LogP contribution in [0.25, 0.3) is 0 Å². The van der Waals surface area contributed by atoms with Crippen LogP contribution in [0, 0.1) is 0 Å². The van der Waals surface area contributed by atoms with Crippen molar-refractivity contribution in [2.24, 2.45) is 0 Å². The first kappa shape index (κ1) is 22.6. The largest absolute Gasteiger partial charge is 0.493 e. The number of carbonyl (C=O) groups is 1. The number of methoxy groups -OCH3 is 1. The molecule has 0 aliphatic carbocycles. The molecule has 0 spiro atoms. The third-order valence-electron chi connectivity index (χ3n) is 6.16. The number of rotatable bonds is 7. The lowest BCUT2D eigenvalue weighted by Gasteiger charge is -2.33. The Morgan fingerprint density at radius 2 is 1.91 bits per heavy atom. The van der Waals surface area contributed by atoms with Gasteiger partial charge in [0, 0.05) is 55.9 Å². The molecule has 178 valence electrons. The summed E-state index contributed by atoms with van der Waals surface area (Å²) in [5, 5.41) is 0. The van der Waals surface area contributed by atoms with E-state index in [0.717, 1.165) is 24.1 Å². The van der Waals surface area contributed by atoms with Crippen LogP contribution >= 0.6 is 0 Å². The van der Waals surface area contributed by atoms with E-state index in [1.54, 1.807) is 32.0 Å².